The van der Waals surface area contributed by atoms with Crippen LogP contribution in [0.15, 0.2) is 103 Å². The number of fused-ring (bicyclic) bond motifs is 2. The summed E-state index contributed by atoms with van der Waals surface area (Å²) in [4.78, 5) is 11.9. The first-order chi connectivity index (χ1) is 14.8. The predicted molar refractivity (Wildman–Crippen MR) is 124 cm³/mol. The molecule has 0 aliphatic carbocycles. The Morgan fingerprint density at radius 1 is 0.533 bits per heavy atom. The second-order valence-corrected chi connectivity index (χ2v) is 7.26. The zero-order valence-corrected chi connectivity index (χ0v) is 16.3. The molecule has 3 heteroatoms. The van der Waals surface area contributed by atoms with Gasteiger partial charge in [-0.1, -0.05) is 91.0 Å². The van der Waals surface area contributed by atoms with E-state index < -0.39 is 0 Å². The van der Waals surface area contributed by atoms with E-state index in [9.17, 15) is 4.79 Å². The van der Waals surface area contributed by atoms with Crippen molar-refractivity contribution in [3.63, 3.8) is 0 Å². The maximum atomic E-state index is 11.9. The number of carbonyl (C=O) groups is 1. The van der Waals surface area contributed by atoms with Crippen LogP contribution in [0.4, 0.5) is 0 Å². The third-order valence-electron chi connectivity index (χ3n) is 5.56. The maximum absolute atomic E-state index is 11.9. The second-order valence-electron chi connectivity index (χ2n) is 7.26. The molecule has 0 unspecified atom stereocenters. The van der Waals surface area contributed by atoms with Gasteiger partial charge in [-0.15, -0.1) is 0 Å². The molecule has 3 N–H and O–H groups in total. The fourth-order valence-electron chi connectivity index (χ4n) is 4.23. The molecule has 30 heavy (non-hydrogen) atoms. The van der Waals surface area contributed by atoms with Crippen molar-refractivity contribution in [2.45, 2.75) is 0 Å². The molecular formula is C27H20N2O. The van der Waals surface area contributed by atoms with E-state index in [-0.39, 0.29) is 5.91 Å². The molecule has 5 aromatic rings. The van der Waals surface area contributed by atoms with Crippen LogP contribution in [0, 0.1) is 0 Å². The van der Waals surface area contributed by atoms with Crippen LogP contribution in [-0.2, 0) is 0 Å². The molecule has 0 saturated heterocycles. The summed E-state index contributed by atoms with van der Waals surface area (Å²) in [6.45, 7) is 0. The molecule has 0 saturated carbocycles. The molecule has 144 valence electrons. The number of nitrogens with one attached hydrogen (secondary N) is 1. The van der Waals surface area contributed by atoms with E-state index in [0.717, 1.165) is 5.56 Å². The minimum absolute atomic E-state index is 0.296. The Kier molecular flexibility index (Phi) is 4.51. The molecule has 0 bridgehead atoms. The highest BCUT2D eigenvalue weighted by Gasteiger charge is 2.16. The van der Waals surface area contributed by atoms with Crippen LogP contribution in [0.1, 0.15) is 10.4 Å². The summed E-state index contributed by atoms with van der Waals surface area (Å²) >= 11 is 0. The molecule has 0 atom stereocenters. The van der Waals surface area contributed by atoms with Crippen molar-refractivity contribution < 1.29 is 4.79 Å². The molecule has 0 radical (unpaired) electrons. The Labute approximate surface area is 174 Å². The van der Waals surface area contributed by atoms with E-state index in [1.165, 1.54) is 38.2 Å². The van der Waals surface area contributed by atoms with Gasteiger partial charge in [-0.05, 0) is 55.9 Å². The van der Waals surface area contributed by atoms with Crippen molar-refractivity contribution >= 4 is 27.5 Å². The van der Waals surface area contributed by atoms with Crippen LogP contribution >= 0.6 is 0 Å². The molecule has 1 amide bonds. The lowest BCUT2D eigenvalue weighted by atomic mass is 9.86. The molecule has 0 heterocycles. The standard InChI is InChI=1S/C27H20N2O/c28-29-27(30)20-16-14-19(15-17-20)26-23-12-6-4-10-21(23)25(18-8-2-1-3-9-18)22-11-5-7-13-24(22)26/h1-17H,28H2,(H,29,30). The summed E-state index contributed by atoms with van der Waals surface area (Å²) in [5.74, 6) is 4.98. The summed E-state index contributed by atoms with van der Waals surface area (Å²) in [5.41, 5.74) is 7.40. The first kappa shape index (κ1) is 18.1. The van der Waals surface area contributed by atoms with E-state index >= 15 is 0 Å². The zero-order valence-electron chi connectivity index (χ0n) is 16.3. The molecule has 0 aromatic heterocycles. The summed E-state index contributed by atoms with van der Waals surface area (Å²) in [7, 11) is 0. The second kappa shape index (κ2) is 7.47. The first-order valence-electron chi connectivity index (χ1n) is 9.88. The zero-order chi connectivity index (χ0) is 20.5. The smallest absolute Gasteiger partial charge is 0.265 e. The highest BCUT2D eigenvalue weighted by atomic mass is 16.2. The lowest BCUT2D eigenvalue weighted by molar-refractivity contribution is 0.0953. The number of carbonyl (C=O) groups excluding carboxylic acids is 1. The van der Waals surface area contributed by atoms with Crippen LogP contribution < -0.4 is 11.3 Å². The van der Waals surface area contributed by atoms with Gasteiger partial charge in [0.2, 0.25) is 0 Å². The van der Waals surface area contributed by atoms with Crippen LogP contribution in [0.5, 0.6) is 0 Å². The SMILES string of the molecule is NNC(=O)c1ccc(-c2c3ccccc3c(-c3ccccc3)c3ccccc23)cc1. The van der Waals surface area contributed by atoms with Crippen molar-refractivity contribution in [3.05, 3.63) is 109 Å². The Hall–Kier alpha value is -3.95. The largest absolute Gasteiger partial charge is 0.290 e. The number of rotatable bonds is 3. The van der Waals surface area contributed by atoms with E-state index in [2.05, 4.69) is 78.2 Å². The first-order valence-corrected chi connectivity index (χ1v) is 9.88. The molecule has 0 fully saturated rings. The van der Waals surface area contributed by atoms with Crippen LogP contribution in [0.3, 0.4) is 0 Å². The molecular weight excluding hydrogens is 368 g/mol. The Morgan fingerprint density at radius 2 is 0.933 bits per heavy atom. The van der Waals surface area contributed by atoms with Gasteiger partial charge in [0.25, 0.3) is 5.91 Å². The van der Waals surface area contributed by atoms with Gasteiger partial charge in [-0.2, -0.15) is 0 Å². The fourth-order valence-corrected chi connectivity index (χ4v) is 4.23. The van der Waals surface area contributed by atoms with Gasteiger partial charge < -0.3 is 0 Å². The van der Waals surface area contributed by atoms with Gasteiger partial charge in [0.15, 0.2) is 0 Å². The maximum Gasteiger partial charge on any atom is 0.265 e. The molecule has 3 nitrogen and oxygen atoms in total. The number of hydrazine groups is 1. The summed E-state index contributed by atoms with van der Waals surface area (Å²) < 4.78 is 0. The Balaban J connectivity index is 1.87. The highest BCUT2D eigenvalue weighted by molar-refractivity contribution is 6.21. The van der Waals surface area contributed by atoms with Crippen molar-refractivity contribution in [2.75, 3.05) is 0 Å². The normalized spacial score (nSPS) is 11.0. The van der Waals surface area contributed by atoms with Gasteiger partial charge in [0, 0.05) is 5.56 Å². The number of benzene rings is 5. The topological polar surface area (TPSA) is 55.1 Å². The van der Waals surface area contributed by atoms with E-state index in [4.69, 9.17) is 5.84 Å². The third-order valence-corrected chi connectivity index (χ3v) is 5.56. The van der Waals surface area contributed by atoms with Crippen molar-refractivity contribution in [1.82, 2.24) is 5.43 Å². The average molecular weight is 388 g/mol. The minimum Gasteiger partial charge on any atom is -0.290 e. The van der Waals surface area contributed by atoms with Gasteiger partial charge in [-0.25, -0.2) is 5.84 Å². The minimum atomic E-state index is -0.296. The van der Waals surface area contributed by atoms with Crippen molar-refractivity contribution in [1.29, 1.82) is 0 Å². The van der Waals surface area contributed by atoms with E-state index in [0.29, 0.717) is 5.56 Å². The molecule has 0 aliphatic heterocycles. The van der Waals surface area contributed by atoms with Gasteiger partial charge in [0.1, 0.15) is 0 Å². The quantitative estimate of drug-likeness (QED) is 0.174. The molecule has 0 aliphatic rings. The monoisotopic (exact) mass is 388 g/mol. The number of hydrogen-bond acceptors (Lipinski definition) is 2. The lowest BCUT2D eigenvalue weighted by Crippen LogP contribution is -2.29. The van der Waals surface area contributed by atoms with Crippen molar-refractivity contribution in [3.8, 4) is 22.3 Å². The number of amides is 1. The van der Waals surface area contributed by atoms with Crippen molar-refractivity contribution in [2.24, 2.45) is 5.84 Å². The van der Waals surface area contributed by atoms with Crippen LogP contribution in [0.25, 0.3) is 43.8 Å². The van der Waals surface area contributed by atoms with Gasteiger partial charge in [-0.3, -0.25) is 10.2 Å². The molecule has 0 spiro atoms. The molecule has 5 rings (SSSR count). The van der Waals surface area contributed by atoms with Crippen LogP contribution in [0.2, 0.25) is 0 Å². The third kappa shape index (κ3) is 2.93. The number of nitrogen functional groups attached to an aromatic ring is 1. The molecule has 5 aromatic carbocycles. The predicted octanol–water partition coefficient (Wildman–Crippen LogP) is 5.93. The Bertz CT molecular complexity index is 1320. The number of nitrogens with two attached hydrogens (primary N) is 1. The average Bonchev–Trinajstić information content (AvgIpc) is 2.82. The fraction of sp³-hybridized carbons (Fsp3) is 0. The summed E-state index contributed by atoms with van der Waals surface area (Å²) in [6, 6.07) is 35.1. The van der Waals surface area contributed by atoms with E-state index in [1.807, 2.05) is 30.3 Å². The van der Waals surface area contributed by atoms with Gasteiger partial charge >= 0.3 is 0 Å². The van der Waals surface area contributed by atoms with E-state index in [1.54, 1.807) is 0 Å². The number of hydrogen-bond donors (Lipinski definition) is 2. The summed E-state index contributed by atoms with van der Waals surface area (Å²) in [6.07, 6.45) is 0. The highest BCUT2D eigenvalue weighted by Crippen LogP contribution is 2.43. The summed E-state index contributed by atoms with van der Waals surface area (Å²) in [5, 5.41) is 4.79. The lowest BCUT2D eigenvalue weighted by Gasteiger charge is -2.17. The Morgan fingerprint density at radius 3 is 1.37 bits per heavy atom. The van der Waals surface area contributed by atoms with Gasteiger partial charge in [0.05, 0.1) is 0 Å². The van der Waals surface area contributed by atoms with Crippen LogP contribution in [-0.4, -0.2) is 5.91 Å².